The second kappa shape index (κ2) is 23.4. The molecule has 0 radical (unpaired) electrons. The first-order valence-electron chi connectivity index (χ1n) is 22.1. The van der Waals surface area contributed by atoms with Gasteiger partial charge >= 0.3 is 6.18 Å². The van der Waals surface area contributed by atoms with Crippen molar-refractivity contribution in [2.45, 2.75) is 55.0 Å². The summed E-state index contributed by atoms with van der Waals surface area (Å²) in [4.78, 5) is 16.2. The number of sulfonamides is 2. The van der Waals surface area contributed by atoms with Gasteiger partial charge in [0.2, 0.25) is 15.9 Å². The Hall–Kier alpha value is -7.70. The van der Waals surface area contributed by atoms with Gasteiger partial charge < -0.3 is 9.05 Å². The van der Waals surface area contributed by atoms with Crippen LogP contribution in [0.3, 0.4) is 0 Å². The zero-order valence-corrected chi connectivity index (χ0v) is 42.2. The summed E-state index contributed by atoms with van der Waals surface area (Å²) in [6.45, 7) is 7.17. The minimum Gasteiger partial charge on any atom is -0.360 e. The molecule has 5 N–H and O–H groups in total. The number of hydrogen-bond acceptors (Lipinski definition) is 14. The van der Waals surface area contributed by atoms with E-state index in [1.807, 2.05) is 103 Å². The minimum atomic E-state index is -4.61. The van der Waals surface area contributed by atoms with Crippen LogP contribution in [0.5, 0.6) is 0 Å². The first-order valence-corrected chi connectivity index (χ1v) is 25.9. The molecule has 0 aliphatic rings. The summed E-state index contributed by atoms with van der Waals surface area (Å²) in [5, 5.41) is 17.0. The van der Waals surface area contributed by atoms with Crippen molar-refractivity contribution >= 4 is 38.0 Å². The molecule has 0 aliphatic carbocycles. The largest absolute Gasteiger partial charge is 0.435 e. The van der Waals surface area contributed by atoms with Gasteiger partial charge in [0.05, 0.1) is 44.3 Å². The van der Waals surface area contributed by atoms with E-state index in [0.717, 1.165) is 78.1 Å². The van der Waals surface area contributed by atoms with E-state index in [1.165, 1.54) is 36.4 Å². The van der Waals surface area contributed by atoms with E-state index in [9.17, 15) is 34.8 Å². The fourth-order valence-corrected chi connectivity index (χ4v) is 9.19. The fourth-order valence-electron chi connectivity index (χ4n) is 7.25. The number of halogens is 3. The van der Waals surface area contributed by atoms with Crippen molar-refractivity contribution < 1.29 is 53.2 Å². The Morgan fingerprint density at radius 1 is 0.662 bits per heavy atom. The lowest BCUT2D eigenvalue weighted by atomic mass is 10.00. The van der Waals surface area contributed by atoms with Crippen molar-refractivity contribution in [3.8, 4) is 61.7 Å². The van der Waals surface area contributed by atoms with Gasteiger partial charge in [0.1, 0.15) is 22.9 Å². The summed E-state index contributed by atoms with van der Waals surface area (Å²) in [6.07, 6.45) is -4.51. The predicted molar refractivity (Wildman–Crippen MR) is 272 cm³/mol. The SMILES string of the molecule is CCC(=O)NS(=O)(=O)c1ccc(-c2c(-c3ccccc3)noc2C)cc1.Cc1ccc(-c2cc(C(F)(F)F)nn2-c2ccc(S(N)(=O)=O)cc2)cc1.Cc1onc(-c2ccccc2)c1-c1ccc(SOON)cc1. The zero-order valence-electron chi connectivity index (χ0n) is 39.8. The number of nitrogens with zero attached hydrogens (tertiary/aromatic N) is 4. The first kappa shape index (κ1) is 54.1. The molecule has 0 atom stereocenters. The number of carbonyl (C=O) groups is 1. The van der Waals surface area contributed by atoms with Crippen LogP contribution < -0.4 is 15.8 Å². The Morgan fingerprint density at radius 2 is 1.14 bits per heavy atom. The standard InChI is InChI=1S/C19H18N2O4S.C17H14F3N3O2S.C16H14N2O3S/c1-3-17(22)21-26(23,24)16-11-9-14(10-12-16)18-13(2)25-20-19(18)15-7-5-4-6-8-15;1-11-2-4-12(5-3-11)15-10-16(17(18,19)20)22-23(15)13-6-8-14(9-7-13)26(21,24)25;1-11-15(12-7-9-14(10-8-12)22-21-20-17)16(18-19-11)13-5-3-2-4-6-13/h4-12H,3H2,1-2H3,(H,21,22);2-10H,1H3,(H2,21,24,25);2-10H,17H2,1H3. The number of nitrogens with two attached hydrogens (primary N) is 2. The highest BCUT2D eigenvalue weighted by Gasteiger charge is 2.35. The van der Waals surface area contributed by atoms with Crippen molar-refractivity contribution in [1.82, 2.24) is 24.8 Å². The Bertz CT molecular complexity index is 3560. The molecule has 16 nitrogen and oxygen atoms in total. The lowest BCUT2D eigenvalue weighted by molar-refractivity contribution is -0.195. The van der Waals surface area contributed by atoms with Crippen LogP contribution in [0, 0.1) is 20.8 Å². The Morgan fingerprint density at radius 3 is 1.59 bits per heavy atom. The van der Waals surface area contributed by atoms with Crippen LogP contribution in [0.2, 0.25) is 0 Å². The van der Waals surface area contributed by atoms with Crippen molar-refractivity contribution in [2.24, 2.45) is 11.0 Å². The fraction of sp³-hybridized carbons (Fsp3) is 0.115. The van der Waals surface area contributed by atoms with E-state index >= 15 is 0 Å². The number of amides is 1. The average Bonchev–Trinajstić information content (AvgIpc) is 4.14. The highest BCUT2D eigenvalue weighted by atomic mass is 32.2. The first-order chi connectivity index (χ1) is 35.3. The highest BCUT2D eigenvalue weighted by Crippen LogP contribution is 2.37. The topological polar surface area (TPSA) is 238 Å². The van der Waals surface area contributed by atoms with Crippen LogP contribution in [-0.2, 0) is 40.3 Å². The van der Waals surface area contributed by atoms with Crippen molar-refractivity contribution in [3.05, 3.63) is 187 Å². The second-order valence-corrected chi connectivity index (χ2v) is 20.1. The molecule has 382 valence electrons. The molecule has 0 fully saturated rings. The third-order valence-electron chi connectivity index (χ3n) is 10.9. The molecule has 0 bridgehead atoms. The quantitative estimate of drug-likeness (QED) is 0.0553. The number of benzene rings is 6. The summed E-state index contributed by atoms with van der Waals surface area (Å²) in [5.41, 5.74) is 8.04. The van der Waals surface area contributed by atoms with Crippen LogP contribution in [0.25, 0.3) is 61.7 Å². The number of aryl methyl sites for hydroxylation is 3. The second-order valence-electron chi connectivity index (χ2n) is 16.1. The molecular formula is C52H46F3N7O9S3. The molecule has 1 amide bonds. The molecule has 9 rings (SSSR count). The monoisotopic (exact) mass is 1070 g/mol. The maximum Gasteiger partial charge on any atom is 0.435 e. The van der Waals surface area contributed by atoms with Gasteiger partial charge in [-0.1, -0.05) is 132 Å². The van der Waals surface area contributed by atoms with Gasteiger partial charge in [-0.15, -0.1) is 9.32 Å². The van der Waals surface area contributed by atoms with Gasteiger partial charge in [-0.25, -0.2) is 31.4 Å². The molecule has 9 aromatic rings. The minimum absolute atomic E-state index is 0.0263. The Kier molecular flexibility index (Phi) is 17.1. The lowest BCUT2D eigenvalue weighted by Crippen LogP contribution is -2.29. The van der Waals surface area contributed by atoms with E-state index in [-0.39, 0.29) is 27.6 Å². The number of hydrogen-bond donors (Lipinski definition) is 3. The smallest absolute Gasteiger partial charge is 0.360 e. The van der Waals surface area contributed by atoms with E-state index in [4.69, 9.17) is 20.1 Å². The third-order valence-corrected chi connectivity index (χ3v) is 13.8. The van der Waals surface area contributed by atoms with Gasteiger partial charge in [-0.05, 0) is 86.5 Å². The van der Waals surface area contributed by atoms with Gasteiger partial charge in [0.15, 0.2) is 5.69 Å². The van der Waals surface area contributed by atoms with Crippen LogP contribution in [0.4, 0.5) is 13.2 Å². The molecule has 3 aromatic heterocycles. The number of rotatable bonds is 13. The van der Waals surface area contributed by atoms with Gasteiger partial charge in [-0.2, -0.15) is 24.2 Å². The molecule has 0 saturated heterocycles. The number of aromatic nitrogens is 4. The summed E-state index contributed by atoms with van der Waals surface area (Å²) < 4.78 is 105. The molecule has 0 unspecified atom stereocenters. The van der Waals surface area contributed by atoms with Crippen LogP contribution in [0.15, 0.2) is 188 Å². The number of primary sulfonamides is 1. The van der Waals surface area contributed by atoms with Gasteiger partial charge in [0.25, 0.3) is 10.0 Å². The number of nitrogens with one attached hydrogen (secondary N) is 1. The number of carbonyl (C=O) groups excluding carboxylic acids is 1. The Balaban J connectivity index is 0.000000163. The molecule has 3 heterocycles. The molecule has 6 aromatic carbocycles. The van der Waals surface area contributed by atoms with E-state index in [2.05, 4.69) is 24.7 Å². The van der Waals surface area contributed by atoms with Gasteiger partial charge in [0, 0.05) is 28.0 Å². The van der Waals surface area contributed by atoms with Crippen LogP contribution >= 0.6 is 12.0 Å². The van der Waals surface area contributed by atoms with E-state index in [0.29, 0.717) is 17.0 Å². The molecule has 74 heavy (non-hydrogen) atoms. The third kappa shape index (κ3) is 13.3. The lowest BCUT2D eigenvalue weighted by Gasteiger charge is -2.09. The molecule has 0 saturated carbocycles. The van der Waals surface area contributed by atoms with E-state index in [1.54, 1.807) is 50.2 Å². The van der Waals surface area contributed by atoms with Crippen LogP contribution in [-0.4, -0.2) is 42.8 Å². The summed E-state index contributed by atoms with van der Waals surface area (Å²) >= 11 is 1.04. The van der Waals surface area contributed by atoms with E-state index < -0.39 is 37.8 Å². The maximum absolute atomic E-state index is 13.1. The summed E-state index contributed by atoms with van der Waals surface area (Å²) in [7, 11) is -7.76. The van der Waals surface area contributed by atoms with Crippen LogP contribution in [0.1, 0.15) is 36.1 Å². The van der Waals surface area contributed by atoms with Crippen molar-refractivity contribution in [1.29, 1.82) is 0 Å². The van der Waals surface area contributed by atoms with Crippen molar-refractivity contribution in [2.75, 3.05) is 0 Å². The molecule has 0 aliphatic heterocycles. The molecular weight excluding hydrogens is 1020 g/mol. The zero-order chi connectivity index (χ0) is 53.2. The average molecular weight is 1070 g/mol. The van der Waals surface area contributed by atoms with Gasteiger partial charge in [-0.3, -0.25) is 4.79 Å². The predicted octanol–water partition coefficient (Wildman–Crippen LogP) is 11.2. The molecule has 22 heteroatoms. The summed E-state index contributed by atoms with van der Waals surface area (Å²) in [5.74, 6) is 5.69. The van der Waals surface area contributed by atoms with Crippen molar-refractivity contribution in [3.63, 3.8) is 0 Å². The normalized spacial score (nSPS) is 11.5. The number of alkyl halides is 3. The summed E-state index contributed by atoms with van der Waals surface area (Å²) in [6, 6.07) is 46.7. The Labute approximate surface area is 428 Å². The molecule has 0 spiro atoms. The highest BCUT2D eigenvalue weighted by molar-refractivity contribution is 7.94. The maximum atomic E-state index is 13.1.